The van der Waals surface area contributed by atoms with E-state index in [1.54, 1.807) is 20.3 Å². The van der Waals surface area contributed by atoms with Crippen LogP contribution in [0.4, 0.5) is 0 Å². The molecular weight excluding hydrogens is 230 g/mol. The molecule has 1 aromatic carbocycles. The Morgan fingerprint density at radius 3 is 2.17 bits per heavy atom. The van der Waals surface area contributed by atoms with Gasteiger partial charge >= 0.3 is 0 Å². The molecule has 98 valence electrons. The molecule has 0 radical (unpaired) electrons. The van der Waals surface area contributed by atoms with Crippen LogP contribution in [0.1, 0.15) is 42.7 Å². The molecule has 1 aromatic rings. The van der Waals surface area contributed by atoms with Crippen molar-refractivity contribution in [1.29, 1.82) is 0 Å². The number of carbonyl (C=O) groups excluding carboxylic acids is 1. The predicted molar refractivity (Wildman–Crippen MR) is 69.2 cm³/mol. The van der Waals surface area contributed by atoms with Gasteiger partial charge < -0.3 is 14.8 Å². The van der Waals surface area contributed by atoms with Gasteiger partial charge in [0.25, 0.3) is 5.91 Å². The molecule has 0 fully saturated rings. The number of hydrogen-bond acceptors (Lipinski definition) is 3. The Morgan fingerprint density at radius 1 is 1.11 bits per heavy atom. The number of nitrogens with one attached hydrogen (secondary N) is 1. The number of benzene rings is 1. The third-order valence-electron chi connectivity index (χ3n) is 3.25. The first-order valence-electron chi connectivity index (χ1n) is 5.95. The van der Waals surface area contributed by atoms with E-state index in [0.717, 1.165) is 5.56 Å². The molecule has 1 aliphatic rings. The zero-order valence-corrected chi connectivity index (χ0v) is 11.5. The van der Waals surface area contributed by atoms with Gasteiger partial charge in [0.1, 0.15) is 0 Å². The van der Waals surface area contributed by atoms with E-state index < -0.39 is 0 Å². The summed E-state index contributed by atoms with van der Waals surface area (Å²) in [4.78, 5) is 12.0. The molecule has 1 heterocycles. The van der Waals surface area contributed by atoms with Crippen LogP contribution in [-0.2, 0) is 0 Å². The van der Waals surface area contributed by atoms with Crippen LogP contribution >= 0.6 is 0 Å². The average molecular weight is 249 g/mol. The molecular formula is C14H19NO3. The summed E-state index contributed by atoms with van der Waals surface area (Å²) in [5.74, 6) is 1.19. The minimum absolute atomic E-state index is 0.000180. The van der Waals surface area contributed by atoms with Crippen molar-refractivity contribution in [1.82, 2.24) is 5.32 Å². The Morgan fingerprint density at radius 2 is 1.67 bits per heavy atom. The quantitative estimate of drug-likeness (QED) is 0.876. The molecule has 1 N–H and O–H groups in total. The van der Waals surface area contributed by atoms with E-state index in [1.807, 2.05) is 6.07 Å². The first-order valence-corrected chi connectivity index (χ1v) is 5.95. The van der Waals surface area contributed by atoms with Crippen molar-refractivity contribution in [2.45, 2.75) is 26.8 Å². The average Bonchev–Trinajstić information content (AvgIpc) is 2.64. The van der Waals surface area contributed by atoms with Crippen LogP contribution < -0.4 is 14.8 Å². The van der Waals surface area contributed by atoms with E-state index >= 15 is 0 Å². The van der Waals surface area contributed by atoms with Gasteiger partial charge in [0.05, 0.1) is 20.3 Å². The van der Waals surface area contributed by atoms with Crippen molar-refractivity contribution in [3.63, 3.8) is 0 Å². The highest BCUT2D eigenvalue weighted by Gasteiger charge is 2.37. The maximum Gasteiger partial charge on any atom is 0.252 e. The van der Waals surface area contributed by atoms with Crippen molar-refractivity contribution in [3.8, 4) is 11.5 Å². The summed E-state index contributed by atoms with van der Waals surface area (Å²) in [5, 5.41) is 3.01. The monoisotopic (exact) mass is 249 g/mol. The lowest BCUT2D eigenvalue weighted by Crippen LogP contribution is -2.29. The third-order valence-corrected chi connectivity index (χ3v) is 3.25. The Kier molecular flexibility index (Phi) is 2.97. The molecule has 1 aliphatic heterocycles. The van der Waals surface area contributed by atoms with Gasteiger partial charge in [-0.05, 0) is 23.1 Å². The lowest BCUT2D eigenvalue weighted by atomic mass is 9.83. The summed E-state index contributed by atoms with van der Waals surface area (Å²) in [7, 11) is 3.17. The third kappa shape index (κ3) is 1.92. The standard InChI is InChI=1S/C14H19NO3/c1-14(2,3)12-8-6-10(17-4)11(18-5)7-9(8)13(16)15-12/h6-7,12H,1-5H3,(H,15,16)/t12-/m1/s1. The van der Waals surface area contributed by atoms with Gasteiger partial charge in [-0.2, -0.15) is 0 Å². The topological polar surface area (TPSA) is 47.6 Å². The number of hydrogen-bond donors (Lipinski definition) is 1. The largest absolute Gasteiger partial charge is 0.493 e. The molecule has 0 saturated carbocycles. The van der Waals surface area contributed by atoms with Crippen molar-refractivity contribution in [2.75, 3.05) is 14.2 Å². The van der Waals surface area contributed by atoms with Crippen molar-refractivity contribution in [2.24, 2.45) is 5.41 Å². The van der Waals surface area contributed by atoms with Gasteiger partial charge in [-0.1, -0.05) is 20.8 Å². The molecule has 2 rings (SSSR count). The van der Waals surface area contributed by atoms with Crippen LogP contribution in [0.25, 0.3) is 0 Å². The summed E-state index contributed by atoms with van der Waals surface area (Å²) in [5.41, 5.74) is 1.61. The van der Waals surface area contributed by atoms with E-state index in [-0.39, 0.29) is 17.4 Å². The highest BCUT2D eigenvalue weighted by molar-refractivity contribution is 6.00. The molecule has 0 spiro atoms. The van der Waals surface area contributed by atoms with Crippen LogP contribution in [0.5, 0.6) is 11.5 Å². The number of amides is 1. The zero-order chi connectivity index (χ0) is 13.5. The molecule has 0 bridgehead atoms. The van der Waals surface area contributed by atoms with Crippen LogP contribution in [0, 0.1) is 5.41 Å². The van der Waals surface area contributed by atoms with Crippen LogP contribution in [0.2, 0.25) is 0 Å². The SMILES string of the molecule is COc1cc2c(cc1OC)[C@H](C(C)(C)C)NC2=O. The number of fused-ring (bicyclic) bond motifs is 1. The fourth-order valence-electron chi connectivity index (χ4n) is 2.30. The van der Waals surface area contributed by atoms with Gasteiger partial charge in [-0.15, -0.1) is 0 Å². The minimum Gasteiger partial charge on any atom is -0.493 e. The maximum atomic E-state index is 12.0. The second kappa shape index (κ2) is 4.19. The van der Waals surface area contributed by atoms with Crippen molar-refractivity contribution < 1.29 is 14.3 Å². The van der Waals surface area contributed by atoms with Gasteiger partial charge in [0.2, 0.25) is 0 Å². The first kappa shape index (κ1) is 12.7. The number of ether oxygens (including phenoxy) is 2. The molecule has 1 amide bonds. The second-order valence-electron chi connectivity index (χ2n) is 5.57. The van der Waals surface area contributed by atoms with Crippen LogP contribution in [-0.4, -0.2) is 20.1 Å². The summed E-state index contributed by atoms with van der Waals surface area (Å²) in [6.07, 6.45) is 0. The molecule has 4 nitrogen and oxygen atoms in total. The van der Waals surface area contributed by atoms with Gasteiger partial charge in [-0.25, -0.2) is 0 Å². The van der Waals surface area contributed by atoms with Crippen molar-refractivity contribution >= 4 is 5.91 Å². The van der Waals surface area contributed by atoms with E-state index in [0.29, 0.717) is 17.1 Å². The lowest BCUT2D eigenvalue weighted by Gasteiger charge is -2.27. The normalized spacial score (nSPS) is 18.3. The molecule has 1 atom stereocenters. The Balaban J connectivity index is 2.57. The minimum atomic E-state index is -0.0501. The van der Waals surface area contributed by atoms with E-state index in [1.165, 1.54) is 0 Å². The molecule has 4 heteroatoms. The van der Waals surface area contributed by atoms with Crippen LogP contribution in [0.3, 0.4) is 0 Å². The molecule has 0 aliphatic carbocycles. The highest BCUT2D eigenvalue weighted by atomic mass is 16.5. The Hall–Kier alpha value is -1.71. The Labute approximate surface area is 107 Å². The molecule has 18 heavy (non-hydrogen) atoms. The highest BCUT2D eigenvalue weighted by Crippen LogP contribution is 2.42. The fourth-order valence-corrected chi connectivity index (χ4v) is 2.30. The van der Waals surface area contributed by atoms with Gasteiger partial charge in [0.15, 0.2) is 11.5 Å². The summed E-state index contributed by atoms with van der Waals surface area (Å²) in [6, 6.07) is 3.64. The summed E-state index contributed by atoms with van der Waals surface area (Å²) < 4.78 is 10.5. The van der Waals surface area contributed by atoms with Gasteiger partial charge in [0, 0.05) is 5.56 Å². The fraction of sp³-hybridized carbons (Fsp3) is 0.500. The van der Waals surface area contributed by atoms with E-state index in [4.69, 9.17) is 9.47 Å². The summed E-state index contributed by atoms with van der Waals surface area (Å²) in [6.45, 7) is 6.30. The molecule has 0 saturated heterocycles. The number of methoxy groups -OCH3 is 2. The zero-order valence-electron chi connectivity index (χ0n) is 11.5. The molecule has 0 aromatic heterocycles. The Bertz CT molecular complexity index is 489. The smallest absolute Gasteiger partial charge is 0.252 e. The van der Waals surface area contributed by atoms with Gasteiger partial charge in [-0.3, -0.25) is 4.79 Å². The summed E-state index contributed by atoms with van der Waals surface area (Å²) >= 11 is 0. The molecule has 0 unspecified atom stereocenters. The maximum absolute atomic E-state index is 12.0. The lowest BCUT2D eigenvalue weighted by molar-refractivity contribution is 0.0932. The second-order valence-corrected chi connectivity index (χ2v) is 5.57. The van der Waals surface area contributed by atoms with E-state index in [9.17, 15) is 4.79 Å². The van der Waals surface area contributed by atoms with Crippen LogP contribution in [0.15, 0.2) is 12.1 Å². The first-order chi connectivity index (χ1) is 8.38. The number of carbonyl (C=O) groups is 1. The predicted octanol–water partition coefficient (Wildman–Crippen LogP) is 2.53. The number of rotatable bonds is 2. The van der Waals surface area contributed by atoms with E-state index in [2.05, 4.69) is 26.1 Å². The van der Waals surface area contributed by atoms with Crippen molar-refractivity contribution in [3.05, 3.63) is 23.3 Å².